The summed E-state index contributed by atoms with van der Waals surface area (Å²) < 4.78 is 37.0. The Labute approximate surface area is 152 Å². The Morgan fingerprint density at radius 2 is 2.04 bits per heavy atom. The van der Waals surface area contributed by atoms with Crippen molar-refractivity contribution in [3.8, 4) is 17.1 Å². The molecule has 0 saturated carbocycles. The summed E-state index contributed by atoms with van der Waals surface area (Å²) in [6.07, 6.45) is 0. The van der Waals surface area contributed by atoms with E-state index in [1.54, 1.807) is 12.1 Å². The zero-order chi connectivity index (χ0) is 18.7. The van der Waals surface area contributed by atoms with Crippen molar-refractivity contribution in [2.24, 2.45) is 0 Å². The lowest BCUT2D eigenvalue weighted by Crippen LogP contribution is -2.23. The first-order chi connectivity index (χ1) is 12.5. The van der Waals surface area contributed by atoms with Gasteiger partial charge in [0.05, 0.1) is 24.8 Å². The fourth-order valence-corrected chi connectivity index (χ4v) is 2.51. The van der Waals surface area contributed by atoms with Gasteiger partial charge in [-0.1, -0.05) is 16.8 Å². The van der Waals surface area contributed by atoms with Crippen molar-refractivity contribution in [3.05, 3.63) is 70.4 Å². The number of nitrogens with one attached hydrogen (secondary N) is 1. The summed E-state index contributed by atoms with van der Waals surface area (Å²) in [5.41, 5.74) is 0.722. The molecule has 8 heteroatoms. The summed E-state index contributed by atoms with van der Waals surface area (Å²) in [6, 6.07) is 9.27. The van der Waals surface area contributed by atoms with Crippen LogP contribution in [-0.2, 0) is 6.54 Å². The predicted molar refractivity (Wildman–Crippen MR) is 91.0 cm³/mol. The lowest BCUT2D eigenvalue weighted by atomic mass is 10.1. The molecule has 1 amide bonds. The highest BCUT2D eigenvalue weighted by molar-refractivity contribution is 6.31. The second kappa shape index (κ2) is 7.53. The second-order valence-corrected chi connectivity index (χ2v) is 5.77. The second-order valence-electron chi connectivity index (χ2n) is 5.33. The number of hydrogen-bond acceptors (Lipinski definition) is 4. The molecule has 1 heterocycles. The fraction of sp³-hybridized carbons (Fsp3) is 0.111. The lowest BCUT2D eigenvalue weighted by Gasteiger charge is -2.08. The van der Waals surface area contributed by atoms with Crippen LogP contribution in [0.4, 0.5) is 8.78 Å². The van der Waals surface area contributed by atoms with Gasteiger partial charge in [0.1, 0.15) is 23.1 Å². The van der Waals surface area contributed by atoms with E-state index >= 15 is 0 Å². The van der Waals surface area contributed by atoms with Gasteiger partial charge in [-0.15, -0.1) is 0 Å². The maximum Gasteiger partial charge on any atom is 0.255 e. The number of nitrogens with zero attached hydrogens (tertiary/aromatic N) is 1. The number of amides is 1. The molecule has 0 saturated heterocycles. The van der Waals surface area contributed by atoms with E-state index in [1.165, 1.54) is 25.3 Å². The Morgan fingerprint density at radius 1 is 1.23 bits per heavy atom. The number of halogens is 3. The summed E-state index contributed by atoms with van der Waals surface area (Å²) >= 11 is 5.91. The first-order valence-corrected chi connectivity index (χ1v) is 7.88. The van der Waals surface area contributed by atoms with Crippen LogP contribution in [-0.4, -0.2) is 18.2 Å². The Balaban J connectivity index is 1.72. The quantitative estimate of drug-likeness (QED) is 0.722. The molecule has 3 aromatic rings. The van der Waals surface area contributed by atoms with E-state index in [0.717, 1.165) is 12.1 Å². The minimum atomic E-state index is -0.764. The highest BCUT2D eigenvalue weighted by Gasteiger charge is 2.15. The fourth-order valence-electron chi connectivity index (χ4n) is 2.34. The van der Waals surface area contributed by atoms with Gasteiger partial charge in [-0.2, -0.15) is 0 Å². The van der Waals surface area contributed by atoms with Crippen molar-refractivity contribution in [2.45, 2.75) is 6.54 Å². The van der Waals surface area contributed by atoms with Gasteiger partial charge in [-0.3, -0.25) is 4.79 Å². The maximum atomic E-state index is 13.8. The van der Waals surface area contributed by atoms with Gasteiger partial charge < -0.3 is 14.6 Å². The van der Waals surface area contributed by atoms with E-state index < -0.39 is 17.5 Å². The summed E-state index contributed by atoms with van der Waals surface area (Å²) in [7, 11) is 1.45. The third-order valence-electron chi connectivity index (χ3n) is 3.59. The normalized spacial score (nSPS) is 10.6. The number of methoxy groups -OCH3 is 1. The Hall–Kier alpha value is -2.93. The van der Waals surface area contributed by atoms with E-state index in [2.05, 4.69) is 10.5 Å². The van der Waals surface area contributed by atoms with E-state index in [-0.39, 0.29) is 23.4 Å². The van der Waals surface area contributed by atoms with Crippen molar-refractivity contribution in [2.75, 3.05) is 7.11 Å². The molecule has 1 N–H and O–H groups in total. The molecule has 5 nitrogen and oxygen atoms in total. The minimum Gasteiger partial charge on any atom is -0.496 e. The predicted octanol–water partition coefficient (Wildman–Crippen LogP) is 4.21. The Bertz CT molecular complexity index is 959. The van der Waals surface area contributed by atoms with Crippen LogP contribution in [0.3, 0.4) is 0 Å². The van der Waals surface area contributed by atoms with Crippen molar-refractivity contribution < 1.29 is 22.8 Å². The Morgan fingerprint density at radius 3 is 2.77 bits per heavy atom. The van der Waals surface area contributed by atoms with Gasteiger partial charge >= 0.3 is 0 Å². The minimum absolute atomic E-state index is 0.0425. The van der Waals surface area contributed by atoms with Crippen LogP contribution in [0.25, 0.3) is 11.3 Å². The van der Waals surface area contributed by atoms with Crippen LogP contribution in [0.1, 0.15) is 16.1 Å². The molecular formula is C18H13ClF2N2O3. The number of rotatable bonds is 5. The average molecular weight is 379 g/mol. The topological polar surface area (TPSA) is 64.4 Å². The zero-order valence-electron chi connectivity index (χ0n) is 13.6. The van der Waals surface area contributed by atoms with Gasteiger partial charge in [0.2, 0.25) is 0 Å². The van der Waals surface area contributed by atoms with Gasteiger partial charge in [0.25, 0.3) is 5.91 Å². The summed E-state index contributed by atoms with van der Waals surface area (Å²) in [5.74, 6) is -1.36. The molecule has 0 unspecified atom stereocenters. The molecule has 3 rings (SSSR count). The first kappa shape index (κ1) is 17.9. The molecule has 0 spiro atoms. The number of carbonyl (C=O) groups is 1. The molecule has 0 bridgehead atoms. The van der Waals surface area contributed by atoms with E-state index in [0.29, 0.717) is 16.5 Å². The molecule has 0 aliphatic heterocycles. The van der Waals surface area contributed by atoms with Gasteiger partial charge in [0.15, 0.2) is 5.76 Å². The highest BCUT2D eigenvalue weighted by Crippen LogP contribution is 2.25. The zero-order valence-corrected chi connectivity index (χ0v) is 14.3. The molecular weight excluding hydrogens is 366 g/mol. The van der Waals surface area contributed by atoms with Crippen molar-refractivity contribution >= 4 is 17.5 Å². The van der Waals surface area contributed by atoms with Gasteiger partial charge in [0, 0.05) is 17.2 Å². The van der Waals surface area contributed by atoms with Crippen molar-refractivity contribution in [3.63, 3.8) is 0 Å². The molecule has 0 atom stereocenters. The van der Waals surface area contributed by atoms with Crippen LogP contribution in [0.2, 0.25) is 5.02 Å². The Kier molecular flexibility index (Phi) is 5.18. The highest BCUT2D eigenvalue weighted by atomic mass is 35.5. The molecule has 0 aliphatic carbocycles. The van der Waals surface area contributed by atoms with Crippen LogP contribution in [0.15, 0.2) is 47.0 Å². The van der Waals surface area contributed by atoms with Crippen molar-refractivity contribution in [1.29, 1.82) is 0 Å². The monoisotopic (exact) mass is 378 g/mol. The van der Waals surface area contributed by atoms with Crippen molar-refractivity contribution in [1.82, 2.24) is 10.5 Å². The summed E-state index contributed by atoms with van der Waals surface area (Å²) in [5, 5.41) is 6.82. The largest absolute Gasteiger partial charge is 0.496 e. The number of benzene rings is 2. The molecule has 1 aromatic heterocycles. The van der Waals surface area contributed by atoms with Crippen LogP contribution in [0, 0.1) is 11.6 Å². The van der Waals surface area contributed by atoms with E-state index in [4.69, 9.17) is 20.9 Å². The maximum absolute atomic E-state index is 13.8. The summed E-state index contributed by atoms with van der Waals surface area (Å²) in [6.45, 7) is 0.0425. The third-order valence-corrected chi connectivity index (χ3v) is 3.83. The summed E-state index contributed by atoms with van der Waals surface area (Å²) in [4.78, 5) is 12.3. The molecule has 2 aromatic carbocycles. The smallest absolute Gasteiger partial charge is 0.255 e. The van der Waals surface area contributed by atoms with E-state index in [9.17, 15) is 13.6 Å². The van der Waals surface area contributed by atoms with Gasteiger partial charge in [-0.25, -0.2) is 8.78 Å². The lowest BCUT2D eigenvalue weighted by molar-refractivity contribution is 0.0947. The van der Waals surface area contributed by atoms with Crippen LogP contribution < -0.4 is 10.1 Å². The van der Waals surface area contributed by atoms with Crippen LogP contribution in [0.5, 0.6) is 5.75 Å². The van der Waals surface area contributed by atoms with Crippen LogP contribution >= 0.6 is 11.6 Å². The molecule has 134 valence electrons. The number of ether oxygens (including phenoxy) is 1. The third kappa shape index (κ3) is 3.83. The first-order valence-electron chi connectivity index (χ1n) is 7.50. The van der Waals surface area contributed by atoms with Gasteiger partial charge in [-0.05, 0) is 30.3 Å². The molecule has 0 aliphatic rings. The standard InChI is InChI=1S/C18H13ClF2N2O3/c1-25-16-5-2-10(19)6-14(16)18(24)22-9-12-8-17(26-23-12)13-4-3-11(20)7-15(13)21/h2-8H,9H2,1H3,(H,22,24). The number of carbonyl (C=O) groups excluding carboxylic acids is 1. The molecule has 26 heavy (non-hydrogen) atoms. The average Bonchev–Trinajstić information content (AvgIpc) is 3.08. The molecule has 0 fully saturated rings. The number of hydrogen-bond donors (Lipinski definition) is 1. The number of aromatic nitrogens is 1. The molecule has 0 radical (unpaired) electrons. The SMILES string of the molecule is COc1ccc(Cl)cc1C(=O)NCc1cc(-c2ccc(F)cc2F)on1. The van der Waals surface area contributed by atoms with E-state index in [1.807, 2.05) is 0 Å².